The quantitative estimate of drug-likeness (QED) is 0.622. The number of aromatic amines is 1. The molecule has 2 nitrogen and oxygen atoms in total. The summed E-state index contributed by atoms with van der Waals surface area (Å²) in [4.78, 5) is 2.00. The Morgan fingerprint density at radius 3 is 2.42 bits per heavy atom. The molecule has 0 saturated heterocycles. The van der Waals surface area contributed by atoms with Gasteiger partial charge in [-0.05, 0) is 6.07 Å². The third kappa shape index (κ3) is 1.76. The van der Waals surface area contributed by atoms with E-state index in [0.29, 0.717) is 0 Å². The van der Waals surface area contributed by atoms with Crippen LogP contribution in [0.25, 0.3) is 0 Å². The molecule has 0 bridgehead atoms. The van der Waals surface area contributed by atoms with Crippen molar-refractivity contribution in [3.63, 3.8) is 0 Å². The van der Waals surface area contributed by atoms with Crippen molar-refractivity contribution in [2.45, 2.75) is 6.18 Å². The number of pyridine rings is 1. The first kappa shape index (κ1) is 9.05. The summed E-state index contributed by atoms with van der Waals surface area (Å²) in [7, 11) is 0. The second kappa shape index (κ2) is 2.78. The molecule has 0 fully saturated rings. The molecule has 0 amide bonds. The van der Waals surface area contributed by atoms with E-state index in [9.17, 15) is 13.2 Å². The lowest BCUT2D eigenvalue weighted by molar-refractivity contribution is -0.141. The second-order valence-electron chi connectivity index (χ2n) is 2.16. The molecule has 0 aliphatic heterocycles. The van der Waals surface area contributed by atoms with E-state index in [-0.39, 0.29) is 10.2 Å². The minimum absolute atomic E-state index is 0.000995. The average Bonchev–Trinajstić information content (AvgIpc) is 1.92. The Labute approximate surface area is 71.2 Å². The molecule has 0 saturated carbocycles. The first-order chi connectivity index (χ1) is 5.41. The smallest absolute Gasteiger partial charge is 0.396 e. The number of hydrogen-bond acceptors (Lipinski definition) is 2. The van der Waals surface area contributed by atoms with E-state index in [1.54, 1.807) is 0 Å². The summed E-state index contributed by atoms with van der Waals surface area (Å²) in [5.74, 6) is 0. The zero-order chi connectivity index (χ0) is 9.35. The number of anilines is 1. The number of halogens is 3. The predicted octanol–water partition coefficient (Wildman–Crippen LogP) is 2.35. The van der Waals surface area contributed by atoms with Gasteiger partial charge in [-0.25, -0.2) is 0 Å². The van der Waals surface area contributed by atoms with Crippen LogP contribution in [0, 0.1) is 4.51 Å². The fourth-order valence-electron chi connectivity index (χ4n) is 0.646. The van der Waals surface area contributed by atoms with Gasteiger partial charge in [-0.1, -0.05) is 12.2 Å². The van der Waals surface area contributed by atoms with Gasteiger partial charge in [0.2, 0.25) is 0 Å². The Bertz CT molecular complexity index is 341. The molecular formula is C6H5F3N2S. The summed E-state index contributed by atoms with van der Waals surface area (Å²) in [5, 5.41) is 0. The first-order valence-electron chi connectivity index (χ1n) is 2.96. The lowest BCUT2D eigenvalue weighted by atomic mass is 10.3. The van der Waals surface area contributed by atoms with Crippen LogP contribution < -0.4 is 5.73 Å². The van der Waals surface area contributed by atoms with Gasteiger partial charge in [-0.2, -0.15) is 13.2 Å². The Hall–Kier alpha value is -1.04. The lowest BCUT2D eigenvalue weighted by Crippen LogP contribution is -2.08. The highest BCUT2D eigenvalue weighted by Gasteiger charge is 2.31. The molecule has 0 radical (unpaired) electrons. The number of nitrogens with one attached hydrogen (secondary N) is 1. The summed E-state index contributed by atoms with van der Waals surface area (Å²) in [6.07, 6.45) is -3.37. The van der Waals surface area contributed by atoms with Crippen LogP contribution in [0.5, 0.6) is 0 Å². The molecule has 0 spiro atoms. The van der Waals surface area contributed by atoms with Crippen molar-refractivity contribution in [1.82, 2.24) is 4.98 Å². The van der Waals surface area contributed by atoms with Gasteiger partial charge in [0.15, 0.2) is 0 Å². The van der Waals surface area contributed by atoms with E-state index in [4.69, 9.17) is 5.73 Å². The molecule has 0 aliphatic carbocycles. The molecule has 1 rings (SSSR count). The summed E-state index contributed by atoms with van der Waals surface area (Å²) in [6.45, 7) is 0. The monoisotopic (exact) mass is 194 g/mol. The SMILES string of the molecule is Nc1c[nH]c(C(F)(F)F)cc1=S. The summed E-state index contributed by atoms with van der Waals surface area (Å²) in [6, 6.07) is 0.796. The van der Waals surface area contributed by atoms with E-state index in [2.05, 4.69) is 12.2 Å². The number of alkyl halides is 3. The molecule has 1 aromatic heterocycles. The summed E-state index contributed by atoms with van der Waals surface area (Å²) < 4.78 is 35.9. The predicted molar refractivity (Wildman–Crippen MR) is 41.0 cm³/mol. The molecule has 6 heteroatoms. The van der Waals surface area contributed by atoms with Gasteiger partial charge >= 0.3 is 6.18 Å². The van der Waals surface area contributed by atoms with Crippen LogP contribution in [0.1, 0.15) is 5.69 Å². The standard InChI is InChI=1S/C6H5F3N2S/c7-6(8,9)5-1-4(12)3(10)2-11-5/h1-2H,10H2,(H,11,12). The van der Waals surface area contributed by atoms with Crippen molar-refractivity contribution in [3.8, 4) is 0 Å². The molecule has 12 heavy (non-hydrogen) atoms. The highest BCUT2D eigenvalue weighted by atomic mass is 32.1. The van der Waals surface area contributed by atoms with Gasteiger partial charge in [0, 0.05) is 6.20 Å². The fraction of sp³-hybridized carbons (Fsp3) is 0.167. The number of nitrogens with two attached hydrogens (primary N) is 1. The topological polar surface area (TPSA) is 41.8 Å². The van der Waals surface area contributed by atoms with Crippen molar-refractivity contribution in [2.24, 2.45) is 0 Å². The highest BCUT2D eigenvalue weighted by Crippen LogP contribution is 2.27. The van der Waals surface area contributed by atoms with Crippen LogP contribution in [0.2, 0.25) is 0 Å². The third-order valence-corrected chi connectivity index (χ3v) is 1.60. The zero-order valence-electron chi connectivity index (χ0n) is 5.77. The van der Waals surface area contributed by atoms with Crippen LogP contribution in [-0.2, 0) is 6.18 Å². The number of nitrogen functional groups attached to an aromatic ring is 1. The van der Waals surface area contributed by atoms with Gasteiger partial charge in [0.25, 0.3) is 0 Å². The Kier molecular flexibility index (Phi) is 2.10. The van der Waals surface area contributed by atoms with Crippen LogP contribution in [0.15, 0.2) is 12.3 Å². The minimum Gasteiger partial charge on any atom is -0.396 e. The van der Waals surface area contributed by atoms with Gasteiger partial charge in [0.05, 0.1) is 10.2 Å². The van der Waals surface area contributed by atoms with E-state index < -0.39 is 11.9 Å². The molecule has 3 N–H and O–H groups in total. The zero-order valence-corrected chi connectivity index (χ0v) is 6.59. The van der Waals surface area contributed by atoms with Crippen molar-refractivity contribution >= 4 is 17.9 Å². The summed E-state index contributed by atoms with van der Waals surface area (Å²) in [5.41, 5.74) is 4.48. The normalized spacial score (nSPS) is 11.6. The molecule has 0 aromatic carbocycles. The van der Waals surface area contributed by atoms with Crippen LogP contribution in [0.4, 0.5) is 18.9 Å². The highest BCUT2D eigenvalue weighted by molar-refractivity contribution is 7.71. The third-order valence-electron chi connectivity index (χ3n) is 1.25. The van der Waals surface area contributed by atoms with Crippen molar-refractivity contribution in [2.75, 3.05) is 5.73 Å². The summed E-state index contributed by atoms with van der Waals surface area (Å²) >= 11 is 4.56. The first-order valence-corrected chi connectivity index (χ1v) is 3.37. The molecule has 0 unspecified atom stereocenters. The number of rotatable bonds is 0. The fourth-order valence-corrected chi connectivity index (χ4v) is 0.823. The number of H-pyrrole nitrogens is 1. The second-order valence-corrected chi connectivity index (χ2v) is 2.60. The van der Waals surface area contributed by atoms with Crippen LogP contribution in [-0.4, -0.2) is 4.98 Å². The largest absolute Gasteiger partial charge is 0.431 e. The maximum absolute atomic E-state index is 12.0. The molecule has 1 heterocycles. The molecule has 66 valence electrons. The van der Waals surface area contributed by atoms with E-state index in [0.717, 1.165) is 12.3 Å². The molecule has 1 aromatic rings. The average molecular weight is 194 g/mol. The molecular weight excluding hydrogens is 189 g/mol. The van der Waals surface area contributed by atoms with Gasteiger partial charge in [-0.15, -0.1) is 0 Å². The van der Waals surface area contributed by atoms with Crippen molar-refractivity contribution in [3.05, 3.63) is 22.5 Å². The minimum atomic E-state index is -4.40. The number of hydrogen-bond donors (Lipinski definition) is 2. The van der Waals surface area contributed by atoms with Gasteiger partial charge in [0.1, 0.15) is 5.69 Å². The van der Waals surface area contributed by atoms with Gasteiger partial charge < -0.3 is 10.7 Å². The molecule has 0 atom stereocenters. The van der Waals surface area contributed by atoms with Crippen LogP contribution >= 0.6 is 12.2 Å². The van der Waals surface area contributed by atoms with E-state index in [1.807, 2.05) is 4.98 Å². The van der Waals surface area contributed by atoms with E-state index >= 15 is 0 Å². The Morgan fingerprint density at radius 2 is 2.00 bits per heavy atom. The lowest BCUT2D eigenvalue weighted by Gasteiger charge is -2.05. The molecule has 0 aliphatic rings. The van der Waals surface area contributed by atoms with Gasteiger partial charge in [-0.3, -0.25) is 0 Å². The maximum Gasteiger partial charge on any atom is 0.431 e. The maximum atomic E-state index is 12.0. The Morgan fingerprint density at radius 1 is 1.42 bits per heavy atom. The number of aromatic nitrogens is 1. The Balaban J connectivity index is 3.23. The van der Waals surface area contributed by atoms with Crippen molar-refractivity contribution in [1.29, 1.82) is 0 Å². The van der Waals surface area contributed by atoms with Crippen molar-refractivity contribution < 1.29 is 13.2 Å². The van der Waals surface area contributed by atoms with Crippen LogP contribution in [0.3, 0.4) is 0 Å². The van der Waals surface area contributed by atoms with E-state index in [1.165, 1.54) is 0 Å².